The lowest BCUT2D eigenvalue weighted by molar-refractivity contribution is 0.204. The second kappa shape index (κ2) is 7.94. The lowest BCUT2D eigenvalue weighted by Gasteiger charge is -2.26. The van der Waals surface area contributed by atoms with Gasteiger partial charge in [0.2, 0.25) is 0 Å². The minimum Gasteiger partial charge on any atom is -0.497 e. The number of rotatable bonds is 7. The molecule has 3 rings (SSSR count). The highest BCUT2D eigenvalue weighted by Crippen LogP contribution is 2.27. The molecule has 0 aliphatic carbocycles. The van der Waals surface area contributed by atoms with Gasteiger partial charge in [-0.1, -0.05) is 24.2 Å². The van der Waals surface area contributed by atoms with Gasteiger partial charge in [0.25, 0.3) is 0 Å². The summed E-state index contributed by atoms with van der Waals surface area (Å²) < 4.78 is 10.8. The molecule has 0 spiro atoms. The van der Waals surface area contributed by atoms with E-state index in [1.165, 1.54) is 5.56 Å². The van der Waals surface area contributed by atoms with Crippen molar-refractivity contribution in [3.05, 3.63) is 66.2 Å². The van der Waals surface area contributed by atoms with Crippen LogP contribution in [0.4, 0.5) is 0 Å². The van der Waals surface area contributed by atoms with Crippen LogP contribution in [0.25, 0.3) is 11.3 Å². The number of nitrogens with zero attached hydrogens (tertiary/aromatic N) is 3. The lowest BCUT2D eigenvalue weighted by atomic mass is 10.0. The van der Waals surface area contributed by atoms with E-state index in [2.05, 4.69) is 41.1 Å². The molecule has 2 heterocycles. The fourth-order valence-electron chi connectivity index (χ4n) is 3.02. The van der Waals surface area contributed by atoms with Crippen molar-refractivity contribution in [2.75, 3.05) is 14.2 Å². The van der Waals surface area contributed by atoms with E-state index in [-0.39, 0.29) is 0 Å². The molecule has 0 N–H and O–H groups in total. The van der Waals surface area contributed by atoms with Gasteiger partial charge >= 0.3 is 0 Å². The zero-order valence-corrected chi connectivity index (χ0v) is 14.8. The van der Waals surface area contributed by atoms with Gasteiger partial charge in [0.05, 0.1) is 13.7 Å². The molecule has 0 aliphatic heterocycles. The first-order valence-electron chi connectivity index (χ1n) is 8.41. The highest BCUT2D eigenvalue weighted by atomic mass is 16.5. The Labute approximate surface area is 148 Å². The van der Waals surface area contributed by atoms with Crippen molar-refractivity contribution in [1.29, 1.82) is 0 Å². The Morgan fingerprint density at radius 3 is 2.64 bits per heavy atom. The monoisotopic (exact) mass is 337 g/mol. The van der Waals surface area contributed by atoms with Gasteiger partial charge in [0, 0.05) is 30.1 Å². The van der Waals surface area contributed by atoms with Crippen LogP contribution in [0.1, 0.15) is 30.7 Å². The molecule has 130 valence electrons. The number of pyridine rings is 1. The smallest absolute Gasteiger partial charge is 0.151 e. The van der Waals surface area contributed by atoms with Gasteiger partial charge in [0.1, 0.15) is 11.4 Å². The molecule has 0 radical (unpaired) electrons. The van der Waals surface area contributed by atoms with E-state index in [1.807, 2.05) is 30.3 Å². The highest BCUT2D eigenvalue weighted by Gasteiger charge is 2.17. The Bertz CT molecular complexity index is 784. The Hall–Kier alpha value is -2.66. The summed E-state index contributed by atoms with van der Waals surface area (Å²) in [7, 11) is 3.78. The van der Waals surface area contributed by atoms with Crippen LogP contribution in [-0.2, 0) is 6.54 Å². The van der Waals surface area contributed by atoms with Crippen LogP contribution in [0.15, 0.2) is 59.4 Å². The van der Waals surface area contributed by atoms with Crippen molar-refractivity contribution in [2.45, 2.75) is 25.9 Å². The Kier molecular flexibility index (Phi) is 5.46. The molecule has 1 unspecified atom stereocenters. The van der Waals surface area contributed by atoms with Crippen LogP contribution < -0.4 is 4.74 Å². The largest absolute Gasteiger partial charge is 0.497 e. The van der Waals surface area contributed by atoms with Crippen LogP contribution in [0.2, 0.25) is 0 Å². The molecule has 0 aliphatic rings. The molecule has 1 aromatic carbocycles. The fraction of sp³-hybridized carbons (Fsp3) is 0.300. The molecule has 1 atom stereocenters. The van der Waals surface area contributed by atoms with Gasteiger partial charge in [-0.3, -0.25) is 9.88 Å². The number of hydrogen-bond donors (Lipinski definition) is 0. The summed E-state index contributed by atoms with van der Waals surface area (Å²) in [6.45, 7) is 2.88. The summed E-state index contributed by atoms with van der Waals surface area (Å²) in [5.74, 6) is 1.71. The van der Waals surface area contributed by atoms with Crippen molar-refractivity contribution < 1.29 is 9.26 Å². The number of hydrogen-bond acceptors (Lipinski definition) is 5. The number of aromatic nitrogens is 2. The van der Waals surface area contributed by atoms with E-state index >= 15 is 0 Å². The summed E-state index contributed by atoms with van der Waals surface area (Å²) in [6, 6.07) is 14.4. The van der Waals surface area contributed by atoms with Gasteiger partial charge in [-0.15, -0.1) is 0 Å². The molecule has 3 aromatic rings. The van der Waals surface area contributed by atoms with E-state index in [0.29, 0.717) is 12.6 Å². The van der Waals surface area contributed by atoms with E-state index in [4.69, 9.17) is 9.26 Å². The molecular formula is C20H23N3O2. The van der Waals surface area contributed by atoms with Gasteiger partial charge in [-0.2, -0.15) is 0 Å². The second-order valence-electron chi connectivity index (χ2n) is 6.03. The first kappa shape index (κ1) is 17.2. The van der Waals surface area contributed by atoms with Crippen molar-refractivity contribution in [3.63, 3.8) is 0 Å². The zero-order chi connectivity index (χ0) is 17.6. The van der Waals surface area contributed by atoms with Crippen LogP contribution in [0.5, 0.6) is 5.75 Å². The molecule has 25 heavy (non-hydrogen) atoms. The zero-order valence-electron chi connectivity index (χ0n) is 14.8. The normalized spacial score (nSPS) is 12.3. The summed E-state index contributed by atoms with van der Waals surface area (Å²) in [6.07, 6.45) is 4.54. The van der Waals surface area contributed by atoms with Gasteiger partial charge in [-0.05, 0) is 43.3 Å². The third-order valence-electron chi connectivity index (χ3n) is 4.34. The summed E-state index contributed by atoms with van der Waals surface area (Å²) in [4.78, 5) is 6.40. The first-order chi connectivity index (χ1) is 12.2. The number of ether oxygens (including phenoxy) is 1. The predicted molar refractivity (Wildman–Crippen MR) is 97.2 cm³/mol. The maximum absolute atomic E-state index is 5.52. The highest BCUT2D eigenvalue weighted by molar-refractivity contribution is 5.57. The molecule has 5 nitrogen and oxygen atoms in total. The second-order valence-corrected chi connectivity index (χ2v) is 6.03. The van der Waals surface area contributed by atoms with Crippen LogP contribution >= 0.6 is 0 Å². The predicted octanol–water partition coefficient (Wildman–Crippen LogP) is 4.33. The average Bonchev–Trinajstić information content (AvgIpc) is 3.12. The fourth-order valence-corrected chi connectivity index (χ4v) is 3.02. The molecule has 2 aromatic heterocycles. The quantitative estimate of drug-likeness (QED) is 0.642. The van der Waals surface area contributed by atoms with Crippen molar-refractivity contribution in [2.24, 2.45) is 0 Å². The molecule has 0 bridgehead atoms. The molecule has 0 saturated heterocycles. The molecule has 5 heteroatoms. The van der Waals surface area contributed by atoms with Gasteiger partial charge in [-0.25, -0.2) is 0 Å². The van der Waals surface area contributed by atoms with E-state index in [9.17, 15) is 0 Å². The molecule has 0 fully saturated rings. The SMILES string of the molecule is CCC(c1ccc(OC)cc1)N(C)Cc1cc(-c2cccnc2)no1. The summed E-state index contributed by atoms with van der Waals surface area (Å²) in [5, 5.41) is 4.16. The summed E-state index contributed by atoms with van der Waals surface area (Å²) in [5.41, 5.74) is 3.04. The van der Waals surface area contributed by atoms with Crippen molar-refractivity contribution in [1.82, 2.24) is 15.0 Å². The van der Waals surface area contributed by atoms with Crippen LogP contribution in [0, 0.1) is 0 Å². The number of benzene rings is 1. The third-order valence-corrected chi connectivity index (χ3v) is 4.34. The van der Waals surface area contributed by atoms with Crippen molar-refractivity contribution in [3.8, 4) is 17.0 Å². The third kappa shape index (κ3) is 4.06. The maximum Gasteiger partial charge on any atom is 0.151 e. The van der Waals surface area contributed by atoms with Crippen LogP contribution in [-0.4, -0.2) is 29.2 Å². The Balaban J connectivity index is 1.71. The summed E-state index contributed by atoms with van der Waals surface area (Å²) >= 11 is 0. The minimum atomic E-state index is 0.304. The standard InChI is InChI=1S/C20H23N3O2/c1-4-20(15-7-9-17(24-3)10-8-15)23(2)14-18-12-19(22-25-18)16-6-5-11-21-13-16/h5-13,20H,4,14H2,1-3H3. The Morgan fingerprint density at radius 2 is 2.00 bits per heavy atom. The molecule has 0 saturated carbocycles. The van der Waals surface area contributed by atoms with Crippen molar-refractivity contribution >= 4 is 0 Å². The van der Waals surface area contributed by atoms with E-state index < -0.39 is 0 Å². The van der Waals surface area contributed by atoms with E-state index in [0.717, 1.165) is 29.2 Å². The minimum absolute atomic E-state index is 0.304. The van der Waals surface area contributed by atoms with E-state index in [1.54, 1.807) is 19.5 Å². The first-order valence-corrected chi connectivity index (χ1v) is 8.41. The van der Waals surface area contributed by atoms with Gasteiger partial charge in [0.15, 0.2) is 5.76 Å². The number of methoxy groups -OCH3 is 1. The molecule has 0 amide bonds. The lowest BCUT2D eigenvalue weighted by Crippen LogP contribution is -2.23. The van der Waals surface area contributed by atoms with Gasteiger partial charge < -0.3 is 9.26 Å². The maximum atomic E-state index is 5.52. The van der Waals surface area contributed by atoms with Crippen LogP contribution in [0.3, 0.4) is 0 Å². The average molecular weight is 337 g/mol. The topological polar surface area (TPSA) is 51.4 Å². The molecular weight excluding hydrogens is 314 g/mol. The Morgan fingerprint density at radius 1 is 1.20 bits per heavy atom.